The van der Waals surface area contributed by atoms with Crippen LogP contribution in [0.25, 0.3) is 0 Å². The van der Waals surface area contributed by atoms with E-state index in [2.05, 4.69) is 5.32 Å². The molecule has 2 N–H and O–H groups in total. The molecule has 1 aromatic rings. The molecule has 1 atom stereocenters. The van der Waals surface area contributed by atoms with Crippen molar-refractivity contribution < 1.29 is 19.4 Å². The molecule has 6 nitrogen and oxygen atoms in total. The van der Waals surface area contributed by atoms with Crippen LogP contribution in [0, 0.1) is 0 Å². The summed E-state index contributed by atoms with van der Waals surface area (Å²) in [5.74, 6) is 0.400. The Morgan fingerprint density at radius 3 is 3.15 bits per heavy atom. The van der Waals surface area contributed by atoms with Gasteiger partial charge in [-0.15, -0.1) is 0 Å². The molecule has 0 aliphatic carbocycles. The monoisotopic (exact) mass is 280 g/mol. The number of likely N-dealkylation sites (N-methyl/N-ethyl adjacent to an activating group) is 1. The van der Waals surface area contributed by atoms with Gasteiger partial charge in [0.15, 0.2) is 5.75 Å². The van der Waals surface area contributed by atoms with E-state index < -0.39 is 6.10 Å². The minimum absolute atomic E-state index is 0.180. The zero-order chi connectivity index (χ0) is 14.5. The Morgan fingerprint density at radius 2 is 2.40 bits per heavy atom. The fourth-order valence-corrected chi connectivity index (χ4v) is 2.19. The van der Waals surface area contributed by atoms with Crippen LogP contribution in [0.1, 0.15) is 10.4 Å². The lowest BCUT2D eigenvalue weighted by molar-refractivity contribution is 0.0378. The van der Waals surface area contributed by atoms with Gasteiger partial charge in [-0.25, -0.2) is 0 Å². The number of ether oxygens (including phenoxy) is 2. The summed E-state index contributed by atoms with van der Waals surface area (Å²) >= 11 is 0. The van der Waals surface area contributed by atoms with Gasteiger partial charge in [-0.2, -0.15) is 0 Å². The highest BCUT2D eigenvalue weighted by Gasteiger charge is 2.22. The molecule has 0 radical (unpaired) electrons. The Morgan fingerprint density at radius 1 is 1.60 bits per heavy atom. The molecule has 0 bridgehead atoms. The number of fused-ring (bicyclic) bond motifs is 1. The highest BCUT2D eigenvalue weighted by molar-refractivity contribution is 5.98. The Balaban J connectivity index is 2.12. The van der Waals surface area contributed by atoms with Crippen molar-refractivity contribution in [2.45, 2.75) is 6.10 Å². The average molecular weight is 280 g/mol. The normalized spacial score (nSPS) is 14.8. The molecule has 20 heavy (non-hydrogen) atoms. The highest BCUT2D eigenvalue weighted by Crippen LogP contribution is 2.31. The van der Waals surface area contributed by atoms with E-state index in [0.717, 1.165) is 12.2 Å². The topological polar surface area (TPSA) is 71.0 Å². The summed E-state index contributed by atoms with van der Waals surface area (Å²) in [6, 6.07) is 5.42. The van der Waals surface area contributed by atoms with Crippen LogP contribution in [0.5, 0.6) is 5.75 Å². The smallest absolute Gasteiger partial charge is 0.257 e. The van der Waals surface area contributed by atoms with Crippen molar-refractivity contribution in [2.75, 3.05) is 45.8 Å². The number of para-hydroxylation sites is 1. The summed E-state index contributed by atoms with van der Waals surface area (Å²) < 4.78 is 10.4. The summed E-state index contributed by atoms with van der Waals surface area (Å²) in [7, 11) is 3.16. The predicted octanol–water partition coefficient (Wildman–Crippen LogP) is 0.570. The molecule has 1 aromatic carbocycles. The van der Waals surface area contributed by atoms with Crippen molar-refractivity contribution in [2.24, 2.45) is 0 Å². The van der Waals surface area contributed by atoms with Gasteiger partial charge in [0.05, 0.1) is 24.0 Å². The van der Waals surface area contributed by atoms with Crippen molar-refractivity contribution in [1.82, 2.24) is 4.90 Å². The molecule has 1 unspecified atom stereocenters. The molecular weight excluding hydrogens is 260 g/mol. The lowest BCUT2D eigenvalue weighted by atomic mass is 10.1. The number of hydrogen-bond donors (Lipinski definition) is 2. The van der Waals surface area contributed by atoms with Gasteiger partial charge in [-0.3, -0.25) is 4.79 Å². The third-order valence-corrected chi connectivity index (χ3v) is 3.10. The Labute approximate surface area is 118 Å². The first-order valence-corrected chi connectivity index (χ1v) is 6.55. The summed E-state index contributed by atoms with van der Waals surface area (Å²) in [5, 5.41) is 12.9. The van der Waals surface area contributed by atoms with Crippen molar-refractivity contribution in [3.05, 3.63) is 23.8 Å². The molecule has 1 aliphatic rings. The molecule has 0 spiro atoms. The molecule has 1 amide bonds. The SMILES string of the molecule is COCC(O)CN(C)C(=O)c1cccc2c1OCCN2. The number of methoxy groups -OCH3 is 1. The fourth-order valence-electron chi connectivity index (χ4n) is 2.19. The number of carbonyl (C=O) groups is 1. The lowest BCUT2D eigenvalue weighted by Crippen LogP contribution is -2.36. The molecule has 110 valence electrons. The molecule has 1 aliphatic heterocycles. The third-order valence-electron chi connectivity index (χ3n) is 3.10. The summed E-state index contributed by atoms with van der Waals surface area (Å²) in [6.45, 7) is 1.67. The van der Waals surface area contributed by atoms with Gasteiger partial charge in [0.25, 0.3) is 5.91 Å². The number of aliphatic hydroxyl groups is 1. The van der Waals surface area contributed by atoms with Gasteiger partial charge >= 0.3 is 0 Å². The number of nitrogens with zero attached hydrogens (tertiary/aromatic N) is 1. The van der Waals surface area contributed by atoms with Gasteiger partial charge in [0.1, 0.15) is 6.61 Å². The number of nitrogens with one attached hydrogen (secondary N) is 1. The Kier molecular flexibility index (Phi) is 4.81. The second-order valence-corrected chi connectivity index (χ2v) is 4.75. The van der Waals surface area contributed by atoms with Crippen LogP contribution >= 0.6 is 0 Å². The molecule has 1 heterocycles. The number of anilines is 1. The Bertz CT molecular complexity index is 478. The number of aliphatic hydroxyl groups excluding tert-OH is 1. The van der Waals surface area contributed by atoms with Gasteiger partial charge in [-0.1, -0.05) is 6.07 Å². The van der Waals surface area contributed by atoms with Gasteiger partial charge < -0.3 is 24.8 Å². The van der Waals surface area contributed by atoms with Crippen molar-refractivity contribution in [1.29, 1.82) is 0 Å². The van der Waals surface area contributed by atoms with E-state index in [0.29, 0.717) is 17.9 Å². The van der Waals surface area contributed by atoms with Gasteiger partial charge in [0.2, 0.25) is 0 Å². The maximum Gasteiger partial charge on any atom is 0.257 e. The van der Waals surface area contributed by atoms with Crippen LogP contribution in [0.3, 0.4) is 0 Å². The molecule has 6 heteroatoms. The second kappa shape index (κ2) is 6.58. The van der Waals surface area contributed by atoms with E-state index in [4.69, 9.17) is 9.47 Å². The van der Waals surface area contributed by atoms with E-state index in [1.54, 1.807) is 13.1 Å². The van der Waals surface area contributed by atoms with E-state index >= 15 is 0 Å². The van der Waals surface area contributed by atoms with Crippen molar-refractivity contribution >= 4 is 11.6 Å². The van der Waals surface area contributed by atoms with Crippen LogP contribution < -0.4 is 10.1 Å². The van der Waals surface area contributed by atoms with Crippen molar-refractivity contribution in [3.8, 4) is 5.75 Å². The predicted molar refractivity (Wildman–Crippen MR) is 75.3 cm³/mol. The van der Waals surface area contributed by atoms with Crippen molar-refractivity contribution in [3.63, 3.8) is 0 Å². The number of carbonyl (C=O) groups excluding carboxylic acids is 1. The first-order valence-electron chi connectivity index (χ1n) is 6.55. The minimum Gasteiger partial charge on any atom is -0.489 e. The number of benzene rings is 1. The number of hydrogen-bond acceptors (Lipinski definition) is 5. The third kappa shape index (κ3) is 3.20. The van der Waals surface area contributed by atoms with E-state index in [1.165, 1.54) is 12.0 Å². The summed E-state index contributed by atoms with van der Waals surface area (Å²) in [4.78, 5) is 13.9. The van der Waals surface area contributed by atoms with E-state index in [1.807, 2.05) is 12.1 Å². The molecule has 0 saturated heterocycles. The minimum atomic E-state index is -0.701. The lowest BCUT2D eigenvalue weighted by Gasteiger charge is -2.25. The van der Waals surface area contributed by atoms with Crippen LogP contribution in [-0.2, 0) is 4.74 Å². The van der Waals surface area contributed by atoms with Gasteiger partial charge in [0, 0.05) is 27.2 Å². The summed E-state index contributed by atoms with van der Waals surface area (Å²) in [5.41, 5.74) is 1.33. The van der Waals surface area contributed by atoms with E-state index in [-0.39, 0.29) is 19.1 Å². The van der Waals surface area contributed by atoms with Crippen LogP contribution in [-0.4, -0.2) is 62.5 Å². The van der Waals surface area contributed by atoms with Crippen LogP contribution in [0.2, 0.25) is 0 Å². The number of amides is 1. The Hall–Kier alpha value is -1.79. The first-order chi connectivity index (χ1) is 9.63. The van der Waals surface area contributed by atoms with E-state index in [9.17, 15) is 9.90 Å². The van der Waals surface area contributed by atoms with Crippen LogP contribution in [0.4, 0.5) is 5.69 Å². The largest absolute Gasteiger partial charge is 0.489 e. The first kappa shape index (κ1) is 14.6. The maximum atomic E-state index is 12.4. The fraction of sp³-hybridized carbons (Fsp3) is 0.500. The second-order valence-electron chi connectivity index (χ2n) is 4.75. The average Bonchev–Trinajstić information content (AvgIpc) is 2.46. The van der Waals surface area contributed by atoms with Crippen LogP contribution in [0.15, 0.2) is 18.2 Å². The molecule has 0 fully saturated rings. The highest BCUT2D eigenvalue weighted by atomic mass is 16.5. The molecule has 0 saturated carbocycles. The zero-order valence-electron chi connectivity index (χ0n) is 11.8. The molecule has 2 rings (SSSR count). The standard InChI is InChI=1S/C14H20N2O4/c1-16(8-10(17)9-19-2)14(18)11-4-3-5-12-13(11)20-7-6-15-12/h3-5,10,15,17H,6-9H2,1-2H3. The quantitative estimate of drug-likeness (QED) is 0.825. The molecule has 0 aromatic heterocycles. The maximum absolute atomic E-state index is 12.4. The van der Waals surface area contributed by atoms with Gasteiger partial charge in [-0.05, 0) is 12.1 Å². The summed E-state index contributed by atoms with van der Waals surface area (Å²) in [6.07, 6.45) is -0.701. The molecular formula is C14H20N2O4. The number of rotatable bonds is 5. The zero-order valence-corrected chi connectivity index (χ0v) is 11.8.